The van der Waals surface area contributed by atoms with Crippen LogP contribution in [0.3, 0.4) is 0 Å². The Kier molecular flexibility index (Phi) is 8.84. The second-order valence-electron chi connectivity index (χ2n) is 9.76. The molecule has 1 heterocycles. The highest BCUT2D eigenvalue weighted by Crippen LogP contribution is 2.39. The maximum atomic E-state index is 12.9. The molecule has 0 N–H and O–H groups in total. The zero-order valence-electron chi connectivity index (χ0n) is 21.8. The largest absolute Gasteiger partial charge is 0.493 e. The lowest BCUT2D eigenvalue weighted by Gasteiger charge is -2.19. The lowest BCUT2D eigenvalue weighted by Crippen LogP contribution is -2.27. The van der Waals surface area contributed by atoms with E-state index in [0.29, 0.717) is 39.7 Å². The average Bonchev–Trinajstić information content (AvgIpc) is 3.14. The first-order valence-electron chi connectivity index (χ1n) is 12.2. The first-order valence-corrected chi connectivity index (χ1v) is 13.8. The molecule has 8 heteroatoms. The topological polar surface area (TPSA) is 65.1 Å². The molecule has 3 aromatic rings. The second kappa shape index (κ2) is 12.1. The van der Waals surface area contributed by atoms with Crippen LogP contribution in [0.25, 0.3) is 6.08 Å². The van der Waals surface area contributed by atoms with Crippen molar-refractivity contribution in [3.8, 4) is 17.2 Å². The summed E-state index contributed by atoms with van der Waals surface area (Å²) in [6, 6.07) is 21.1. The Hall–Kier alpha value is -3.23. The van der Waals surface area contributed by atoms with Gasteiger partial charge in [0.1, 0.15) is 19.0 Å². The summed E-state index contributed by atoms with van der Waals surface area (Å²) in [5, 5.41) is -0.288. The average molecular weight is 597 g/mol. The molecule has 0 bridgehead atoms. The van der Waals surface area contributed by atoms with Crippen molar-refractivity contribution in [2.24, 2.45) is 0 Å². The van der Waals surface area contributed by atoms with Gasteiger partial charge in [0.2, 0.25) is 0 Å². The van der Waals surface area contributed by atoms with E-state index in [0.717, 1.165) is 23.1 Å². The van der Waals surface area contributed by atoms with Crippen molar-refractivity contribution in [1.82, 2.24) is 4.90 Å². The minimum Gasteiger partial charge on any atom is -0.493 e. The number of amides is 2. The smallest absolute Gasteiger partial charge is 0.293 e. The van der Waals surface area contributed by atoms with E-state index >= 15 is 0 Å². The van der Waals surface area contributed by atoms with E-state index in [1.165, 1.54) is 10.5 Å². The second-order valence-corrected chi connectivity index (χ2v) is 11.6. The van der Waals surface area contributed by atoms with Gasteiger partial charge in [0.15, 0.2) is 11.5 Å². The fraction of sp³-hybridized carbons (Fsp3) is 0.267. The van der Waals surface area contributed by atoms with Crippen LogP contribution in [0.1, 0.15) is 37.5 Å². The van der Waals surface area contributed by atoms with E-state index in [1.54, 1.807) is 19.3 Å². The van der Waals surface area contributed by atoms with E-state index in [9.17, 15) is 9.59 Å². The number of nitrogens with zero attached hydrogens (tertiary/aromatic N) is 1. The van der Waals surface area contributed by atoms with E-state index in [-0.39, 0.29) is 23.1 Å². The highest BCUT2D eigenvalue weighted by Gasteiger charge is 2.35. The standard InChI is InChI=1S/C30H30BrNO5S/c1-30(2,3)22-10-12-23(13-11-22)36-14-15-37-27-24(31)16-21(17-25(27)35-4)18-26-28(33)32(29(34)38-26)19-20-8-6-5-7-9-20/h5-13,16-18H,14-15,19H2,1-4H3/b26-18-. The van der Waals surface area contributed by atoms with Gasteiger partial charge in [0, 0.05) is 0 Å². The number of imide groups is 1. The fourth-order valence-electron chi connectivity index (χ4n) is 3.87. The molecule has 3 aromatic carbocycles. The van der Waals surface area contributed by atoms with Gasteiger partial charge in [-0.3, -0.25) is 14.5 Å². The van der Waals surface area contributed by atoms with Gasteiger partial charge in [0.05, 0.1) is 23.0 Å². The summed E-state index contributed by atoms with van der Waals surface area (Å²) in [6.45, 7) is 7.44. The van der Waals surface area contributed by atoms with Crippen molar-refractivity contribution in [3.05, 3.63) is 92.8 Å². The summed E-state index contributed by atoms with van der Waals surface area (Å²) in [6.07, 6.45) is 1.69. The molecule has 198 valence electrons. The molecule has 1 aliphatic rings. The zero-order valence-corrected chi connectivity index (χ0v) is 24.2. The molecular formula is C30H30BrNO5S. The van der Waals surface area contributed by atoms with E-state index < -0.39 is 0 Å². The summed E-state index contributed by atoms with van der Waals surface area (Å²) >= 11 is 4.48. The number of ether oxygens (including phenoxy) is 3. The van der Waals surface area contributed by atoms with Gasteiger partial charge < -0.3 is 14.2 Å². The van der Waals surface area contributed by atoms with Crippen LogP contribution in [-0.4, -0.2) is 36.4 Å². The van der Waals surface area contributed by atoms with Gasteiger partial charge in [-0.15, -0.1) is 0 Å². The Morgan fingerprint density at radius 3 is 2.29 bits per heavy atom. The highest BCUT2D eigenvalue weighted by atomic mass is 79.9. The van der Waals surface area contributed by atoms with Crippen LogP contribution in [-0.2, 0) is 16.8 Å². The number of halogens is 1. The molecule has 0 spiro atoms. The molecule has 0 aliphatic carbocycles. The van der Waals surface area contributed by atoms with Gasteiger partial charge in [-0.2, -0.15) is 0 Å². The van der Waals surface area contributed by atoms with Crippen LogP contribution in [0.2, 0.25) is 0 Å². The maximum absolute atomic E-state index is 12.9. The molecule has 4 rings (SSSR count). The number of carbonyl (C=O) groups excluding carboxylic acids is 2. The van der Waals surface area contributed by atoms with Crippen molar-refractivity contribution < 1.29 is 23.8 Å². The third-order valence-corrected chi connectivity index (χ3v) is 7.42. The Morgan fingerprint density at radius 2 is 1.63 bits per heavy atom. The molecule has 1 aliphatic heterocycles. The van der Waals surface area contributed by atoms with Crippen LogP contribution in [0.4, 0.5) is 4.79 Å². The number of rotatable bonds is 9. The van der Waals surface area contributed by atoms with Crippen LogP contribution >= 0.6 is 27.7 Å². The van der Waals surface area contributed by atoms with Gasteiger partial charge in [-0.1, -0.05) is 63.2 Å². The zero-order chi connectivity index (χ0) is 27.3. The first kappa shape index (κ1) is 27.8. The number of thioether (sulfide) groups is 1. The molecular weight excluding hydrogens is 566 g/mol. The summed E-state index contributed by atoms with van der Waals surface area (Å²) in [5.41, 5.74) is 2.94. The number of methoxy groups -OCH3 is 1. The molecule has 1 fully saturated rings. The van der Waals surface area contributed by atoms with Crippen LogP contribution in [0.5, 0.6) is 17.2 Å². The molecule has 6 nitrogen and oxygen atoms in total. The molecule has 0 saturated carbocycles. The molecule has 0 aromatic heterocycles. The summed E-state index contributed by atoms with van der Waals surface area (Å²) < 4.78 is 18.0. The molecule has 2 amide bonds. The van der Waals surface area contributed by atoms with Crippen molar-refractivity contribution in [3.63, 3.8) is 0 Å². The Bertz CT molecular complexity index is 1330. The Balaban J connectivity index is 1.39. The van der Waals surface area contributed by atoms with Gasteiger partial charge >= 0.3 is 0 Å². The van der Waals surface area contributed by atoms with Crippen LogP contribution in [0.15, 0.2) is 76.1 Å². The quantitative estimate of drug-likeness (QED) is 0.189. The molecule has 38 heavy (non-hydrogen) atoms. The lowest BCUT2D eigenvalue weighted by atomic mass is 9.87. The molecule has 0 unspecified atom stereocenters. The fourth-order valence-corrected chi connectivity index (χ4v) is 5.28. The maximum Gasteiger partial charge on any atom is 0.293 e. The summed E-state index contributed by atoms with van der Waals surface area (Å²) in [4.78, 5) is 27.0. The van der Waals surface area contributed by atoms with Crippen LogP contribution in [0, 0.1) is 0 Å². The van der Waals surface area contributed by atoms with Crippen LogP contribution < -0.4 is 14.2 Å². The predicted octanol–water partition coefficient (Wildman–Crippen LogP) is 7.45. The van der Waals surface area contributed by atoms with Crippen molar-refractivity contribution in [2.75, 3.05) is 20.3 Å². The molecule has 0 radical (unpaired) electrons. The normalized spacial score (nSPS) is 14.8. The number of hydrogen-bond acceptors (Lipinski definition) is 6. The van der Waals surface area contributed by atoms with Crippen molar-refractivity contribution in [2.45, 2.75) is 32.7 Å². The van der Waals surface area contributed by atoms with Crippen molar-refractivity contribution >= 4 is 44.9 Å². The SMILES string of the molecule is COc1cc(/C=C2\SC(=O)N(Cc3ccccc3)C2=O)cc(Br)c1OCCOc1ccc(C(C)(C)C)cc1. The Morgan fingerprint density at radius 1 is 0.947 bits per heavy atom. The van der Waals surface area contributed by atoms with Gasteiger partial charge in [-0.25, -0.2) is 0 Å². The lowest BCUT2D eigenvalue weighted by molar-refractivity contribution is -0.123. The highest BCUT2D eigenvalue weighted by molar-refractivity contribution is 9.10. The van der Waals surface area contributed by atoms with Crippen molar-refractivity contribution in [1.29, 1.82) is 0 Å². The van der Waals surface area contributed by atoms with Gasteiger partial charge in [0.25, 0.3) is 11.1 Å². The minimum atomic E-state index is -0.313. The van der Waals surface area contributed by atoms with E-state index in [2.05, 4.69) is 48.8 Å². The first-order chi connectivity index (χ1) is 18.2. The Labute approximate surface area is 236 Å². The van der Waals surface area contributed by atoms with Gasteiger partial charge in [-0.05, 0) is 80.1 Å². The summed E-state index contributed by atoms with van der Waals surface area (Å²) in [5.74, 6) is 1.51. The monoisotopic (exact) mass is 595 g/mol. The third-order valence-electron chi connectivity index (χ3n) is 5.93. The molecule has 0 atom stereocenters. The summed E-state index contributed by atoms with van der Waals surface area (Å²) in [7, 11) is 1.55. The number of carbonyl (C=O) groups is 2. The third kappa shape index (κ3) is 6.79. The number of benzene rings is 3. The number of hydrogen-bond donors (Lipinski definition) is 0. The van der Waals surface area contributed by atoms with E-state index in [4.69, 9.17) is 14.2 Å². The minimum absolute atomic E-state index is 0.0907. The van der Waals surface area contributed by atoms with E-state index in [1.807, 2.05) is 48.5 Å². The molecule has 1 saturated heterocycles. The predicted molar refractivity (Wildman–Crippen MR) is 155 cm³/mol.